The molecule has 0 radical (unpaired) electrons. The number of carbonyl (C=O) groups excluding carboxylic acids is 2. The van der Waals surface area contributed by atoms with Crippen LogP contribution in [0, 0.1) is 6.92 Å². The number of esters is 1. The highest BCUT2D eigenvalue weighted by Crippen LogP contribution is 2.06. The summed E-state index contributed by atoms with van der Waals surface area (Å²) in [5.41, 5.74) is 1.28. The van der Waals surface area contributed by atoms with E-state index in [2.05, 4.69) is 15.0 Å². The van der Waals surface area contributed by atoms with Crippen LogP contribution in [0.1, 0.15) is 21.9 Å². The molecule has 6 heteroatoms. The van der Waals surface area contributed by atoms with Gasteiger partial charge in [-0.15, -0.1) is 0 Å². The zero-order valence-electron chi connectivity index (χ0n) is 12.0. The number of nitrogens with zero attached hydrogens (tertiary/aromatic N) is 2. The van der Waals surface area contributed by atoms with Gasteiger partial charge in [-0.2, -0.15) is 0 Å². The predicted octanol–water partition coefficient (Wildman–Crippen LogP) is 1.29. The Morgan fingerprint density at radius 1 is 1.29 bits per heavy atom. The van der Waals surface area contributed by atoms with E-state index < -0.39 is 5.97 Å². The Labute approximate surface area is 122 Å². The largest absolute Gasteiger partial charge is 0.464 e. The van der Waals surface area contributed by atoms with Crippen LogP contribution in [0.2, 0.25) is 0 Å². The smallest absolute Gasteiger partial charge is 0.356 e. The minimum atomic E-state index is -0.508. The van der Waals surface area contributed by atoms with Gasteiger partial charge < -0.3 is 14.6 Å². The number of carbonyl (C=O) groups is 2. The lowest BCUT2D eigenvalue weighted by Crippen LogP contribution is -2.28. The third kappa shape index (κ3) is 3.68. The second kappa shape index (κ2) is 6.69. The minimum absolute atomic E-state index is 0.0309. The van der Waals surface area contributed by atoms with E-state index in [1.54, 1.807) is 6.92 Å². The molecule has 1 aromatic carbocycles. The summed E-state index contributed by atoms with van der Waals surface area (Å²) in [6, 6.07) is 9.61. The number of rotatable bonds is 5. The van der Waals surface area contributed by atoms with Crippen molar-refractivity contribution >= 4 is 11.9 Å². The molecule has 0 fully saturated rings. The molecule has 0 saturated carbocycles. The van der Waals surface area contributed by atoms with Crippen LogP contribution >= 0.6 is 0 Å². The number of aryl methyl sites for hydroxylation is 1. The zero-order chi connectivity index (χ0) is 15.2. The van der Waals surface area contributed by atoms with E-state index in [9.17, 15) is 9.59 Å². The van der Waals surface area contributed by atoms with Crippen molar-refractivity contribution in [3.05, 3.63) is 53.6 Å². The molecule has 110 valence electrons. The quantitative estimate of drug-likeness (QED) is 0.841. The zero-order valence-corrected chi connectivity index (χ0v) is 12.0. The molecule has 0 aliphatic carbocycles. The first-order valence-electron chi connectivity index (χ1n) is 6.53. The van der Waals surface area contributed by atoms with Crippen molar-refractivity contribution in [1.29, 1.82) is 0 Å². The van der Waals surface area contributed by atoms with Crippen LogP contribution in [-0.4, -0.2) is 28.5 Å². The number of benzene rings is 1. The number of aromatic nitrogens is 2. The molecular weight excluding hydrogens is 270 g/mol. The van der Waals surface area contributed by atoms with Gasteiger partial charge in [0.2, 0.25) is 5.91 Å². The number of nitrogens with one attached hydrogen (secondary N) is 1. The minimum Gasteiger partial charge on any atom is -0.464 e. The first kappa shape index (κ1) is 14.8. The third-order valence-corrected chi connectivity index (χ3v) is 3.08. The van der Waals surface area contributed by atoms with Crippen LogP contribution in [0.5, 0.6) is 0 Å². The maximum Gasteiger partial charge on any atom is 0.356 e. The molecule has 0 saturated heterocycles. The van der Waals surface area contributed by atoms with Crippen molar-refractivity contribution in [2.24, 2.45) is 0 Å². The second-order valence-electron chi connectivity index (χ2n) is 4.53. The molecular formula is C15H17N3O3. The average molecular weight is 287 g/mol. The molecule has 2 rings (SSSR count). The van der Waals surface area contributed by atoms with Gasteiger partial charge in [-0.1, -0.05) is 30.3 Å². The van der Waals surface area contributed by atoms with E-state index in [0.717, 1.165) is 5.56 Å². The molecule has 1 aromatic heterocycles. The van der Waals surface area contributed by atoms with Gasteiger partial charge in [0.15, 0.2) is 0 Å². The van der Waals surface area contributed by atoms with Crippen molar-refractivity contribution in [3.8, 4) is 0 Å². The molecule has 0 aliphatic rings. The molecule has 0 unspecified atom stereocenters. The van der Waals surface area contributed by atoms with Crippen molar-refractivity contribution < 1.29 is 14.3 Å². The number of amides is 1. The highest BCUT2D eigenvalue weighted by molar-refractivity contribution is 5.88. The van der Waals surface area contributed by atoms with Crippen LogP contribution in [-0.2, 0) is 22.6 Å². The lowest BCUT2D eigenvalue weighted by molar-refractivity contribution is -0.121. The Morgan fingerprint density at radius 3 is 2.67 bits per heavy atom. The van der Waals surface area contributed by atoms with E-state index >= 15 is 0 Å². The molecule has 0 atom stereocenters. The summed E-state index contributed by atoms with van der Waals surface area (Å²) >= 11 is 0. The van der Waals surface area contributed by atoms with E-state index in [1.165, 1.54) is 17.9 Å². The van der Waals surface area contributed by atoms with Gasteiger partial charge in [0, 0.05) is 6.54 Å². The maximum absolute atomic E-state index is 12.0. The molecule has 2 aromatic rings. The lowest BCUT2D eigenvalue weighted by atomic mass is 10.2. The second-order valence-corrected chi connectivity index (χ2v) is 4.53. The molecule has 0 aliphatic heterocycles. The highest BCUT2D eigenvalue weighted by atomic mass is 16.5. The third-order valence-electron chi connectivity index (χ3n) is 3.08. The summed E-state index contributed by atoms with van der Waals surface area (Å²) < 4.78 is 6.20. The van der Waals surface area contributed by atoms with Gasteiger partial charge in [-0.25, -0.2) is 9.78 Å². The normalized spacial score (nSPS) is 10.2. The molecule has 0 spiro atoms. The molecule has 1 heterocycles. The summed E-state index contributed by atoms with van der Waals surface area (Å²) in [4.78, 5) is 27.6. The molecule has 6 nitrogen and oxygen atoms in total. The van der Waals surface area contributed by atoms with E-state index in [1.807, 2.05) is 30.3 Å². The van der Waals surface area contributed by atoms with E-state index in [4.69, 9.17) is 0 Å². The Balaban J connectivity index is 2.00. The maximum atomic E-state index is 12.0. The van der Waals surface area contributed by atoms with Gasteiger partial charge in [0.05, 0.1) is 13.3 Å². The average Bonchev–Trinajstić information content (AvgIpc) is 2.86. The summed E-state index contributed by atoms with van der Waals surface area (Å²) in [6.45, 7) is 2.21. The van der Waals surface area contributed by atoms with Crippen molar-refractivity contribution in [3.63, 3.8) is 0 Å². The Morgan fingerprint density at radius 2 is 2.00 bits per heavy atom. The van der Waals surface area contributed by atoms with Gasteiger partial charge in [-0.3, -0.25) is 4.79 Å². The van der Waals surface area contributed by atoms with Gasteiger partial charge in [0.25, 0.3) is 0 Å². The summed E-state index contributed by atoms with van der Waals surface area (Å²) in [6.07, 6.45) is 1.41. The molecule has 1 N–H and O–H groups in total. The summed E-state index contributed by atoms with van der Waals surface area (Å²) in [5, 5.41) is 2.81. The fraction of sp³-hybridized carbons (Fsp3) is 0.267. The van der Waals surface area contributed by atoms with Crippen molar-refractivity contribution in [2.45, 2.75) is 20.0 Å². The summed E-state index contributed by atoms with van der Waals surface area (Å²) in [5.74, 6) is -0.109. The Hall–Kier alpha value is -2.63. The van der Waals surface area contributed by atoms with Crippen molar-refractivity contribution in [1.82, 2.24) is 14.9 Å². The number of ether oxygens (including phenoxy) is 1. The summed E-state index contributed by atoms with van der Waals surface area (Å²) in [7, 11) is 1.30. The Kier molecular flexibility index (Phi) is 4.71. The van der Waals surface area contributed by atoms with E-state index in [-0.39, 0.29) is 18.1 Å². The molecule has 0 bridgehead atoms. The number of hydrogen-bond donors (Lipinski definition) is 1. The topological polar surface area (TPSA) is 73.2 Å². The van der Waals surface area contributed by atoms with Crippen molar-refractivity contribution in [2.75, 3.05) is 7.11 Å². The van der Waals surface area contributed by atoms with Crippen LogP contribution in [0.25, 0.3) is 0 Å². The van der Waals surface area contributed by atoms with Crippen LogP contribution < -0.4 is 5.32 Å². The number of imidazole rings is 1. The standard InChI is InChI=1S/C15H17N3O3/c1-11-16-9-13(15(20)21-2)18(11)10-14(19)17-8-12-6-4-3-5-7-12/h3-7,9H,8,10H2,1-2H3,(H,17,19). The van der Waals surface area contributed by atoms with E-state index in [0.29, 0.717) is 12.4 Å². The first-order chi connectivity index (χ1) is 10.1. The molecule has 21 heavy (non-hydrogen) atoms. The van der Waals surface area contributed by atoms with Crippen LogP contribution in [0.3, 0.4) is 0 Å². The monoisotopic (exact) mass is 287 g/mol. The van der Waals surface area contributed by atoms with Gasteiger partial charge in [-0.05, 0) is 12.5 Å². The number of methoxy groups -OCH3 is 1. The van der Waals surface area contributed by atoms with Crippen LogP contribution in [0.15, 0.2) is 36.5 Å². The lowest BCUT2D eigenvalue weighted by Gasteiger charge is -2.09. The predicted molar refractivity (Wildman–Crippen MR) is 76.6 cm³/mol. The van der Waals surface area contributed by atoms with Gasteiger partial charge in [0.1, 0.15) is 18.1 Å². The van der Waals surface area contributed by atoms with Gasteiger partial charge >= 0.3 is 5.97 Å². The fourth-order valence-corrected chi connectivity index (χ4v) is 1.93. The number of hydrogen-bond acceptors (Lipinski definition) is 4. The first-order valence-corrected chi connectivity index (χ1v) is 6.53. The Bertz CT molecular complexity index is 635. The molecule has 1 amide bonds. The fourth-order valence-electron chi connectivity index (χ4n) is 1.93. The SMILES string of the molecule is COC(=O)c1cnc(C)n1CC(=O)NCc1ccccc1. The highest BCUT2D eigenvalue weighted by Gasteiger charge is 2.16. The van der Waals surface area contributed by atoms with Crippen LogP contribution in [0.4, 0.5) is 0 Å².